The van der Waals surface area contributed by atoms with Crippen LogP contribution in [-0.2, 0) is 10.0 Å². The molecule has 3 aromatic carbocycles. The molecule has 0 bridgehead atoms. The van der Waals surface area contributed by atoms with Gasteiger partial charge in [-0.25, -0.2) is 13.1 Å². The minimum absolute atomic E-state index is 0.0177. The molecule has 4 rings (SSSR count). The first-order valence-corrected chi connectivity index (χ1v) is 13.5. The number of methoxy groups -OCH3 is 1. The minimum atomic E-state index is -3.86. The monoisotopic (exact) mass is 601 g/mol. The van der Waals surface area contributed by atoms with Gasteiger partial charge < -0.3 is 4.74 Å². The van der Waals surface area contributed by atoms with Gasteiger partial charge in [0.05, 0.1) is 36.1 Å². The smallest absolute Gasteiger partial charge is 0.244 e. The van der Waals surface area contributed by atoms with Crippen molar-refractivity contribution in [2.24, 2.45) is 5.10 Å². The first-order valence-electron chi connectivity index (χ1n) is 10.1. The Morgan fingerprint density at radius 3 is 2.44 bits per heavy atom. The van der Waals surface area contributed by atoms with Crippen LogP contribution >= 0.6 is 50.7 Å². The predicted molar refractivity (Wildman–Crippen MR) is 141 cm³/mol. The van der Waals surface area contributed by atoms with Crippen LogP contribution in [0.15, 0.2) is 75.1 Å². The Balaban J connectivity index is 1.63. The average molecular weight is 604 g/mol. The lowest BCUT2D eigenvalue weighted by molar-refractivity contribution is 0.402. The van der Waals surface area contributed by atoms with Gasteiger partial charge in [0.1, 0.15) is 10.6 Å². The van der Waals surface area contributed by atoms with Crippen molar-refractivity contribution in [1.29, 1.82) is 0 Å². The largest absolute Gasteiger partial charge is 0.495 e. The number of hydrazone groups is 1. The summed E-state index contributed by atoms with van der Waals surface area (Å²) in [5, 5.41) is 8.06. The van der Waals surface area contributed by atoms with Crippen molar-refractivity contribution in [2.75, 3.05) is 18.7 Å². The Labute approximate surface area is 221 Å². The molecule has 0 aromatic heterocycles. The summed E-state index contributed by atoms with van der Waals surface area (Å²) in [4.78, 5) is 0.0369. The lowest BCUT2D eigenvalue weighted by Crippen LogP contribution is -2.29. The third-order valence-corrected chi connectivity index (χ3v) is 7.97. The van der Waals surface area contributed by atoms with Crippen molar-refractivity contribution < 1.29 is 13.2 Å². The van der Waals surface area contributed by atoms with Crippen molar-refractivity contribution in [3.8, 4) is 5.75 Å². The molecule has 0 saturated heterocycles. The highest BCUT2D eigenvalue weighted by Crippen LogP contribution is 2.40. The summed E-state index contributed by atoms with van der Waals surface area (Å²) in [6, 6.07) is 17.2. The second kappa shape index (κ2) is 10.4. The van der Waals surface area contributed by atoms with Crippen LogP contribution in [-0.4, -0.2) is 27.8 Å². The molecular weight excluding hydrogens is 585 g/mol. The van der Waals surface area contributed by atoms with Crippen LogP contribution in [0.5, 0.6) is 5.75 Å². The molecule has 1 unspecified atom stereocenters. The van der Waals surface area contributed by atoms with Crippen LogP contribution in [0.25, 0.3) is 0 Å². The summed E-state index contributed by atoms with van der Waals surface area (Å²) in [5.41, 5.74) is 2.27. The van der Waals surface area contributed by atoms with Gasteiger partial charge in [-0.05, 0) is 54.1 Å². The number of halogens is 4. The van der Waals surface area contributed by atoms with Gasteiger partial charge in [-0.1, -0.05) is 62.9 Å². The molecule has 34 heavy (non-hydrogen) atoms. The number of sulfonamides is 1. The zero-order valence-corrected chi connectivity index (χ0v) is 22.5. The number of anilines is 1. The van der Waals surface area contributed by atoms with Gasteiger partial charge >= 0.3 is 0 Å². The van der Waals surface area contributed by atoms with Gasteiger partial charge in [0.15, 0.2) is 0 Å². The quantitative estimate of drug-likeness (QED) is 0.326. The van der Waals surface area contributed by atoms with E-state index < -0.39 is 10.0 Å². The number of ether oxygens (including phenoxy) is 1. The van der Waals surface area contributed by atoms with Crippen molar-refractivity contribution in [3.63, 3.8) is 0 Å². The summed E-state index contributed by atoms with van der Waals surface area (Å²) in [5.74, 6) is 0.248. The highest BCUT2D eigenvalue weighted by atomic mass is 79.9. The maximum atomic E-state index is 13.0. The molecule has 1 aliphatic heterocycles. The molecule has 178 valence electrons. The molecule has 0 fully saturated rings. The highest BCUT2D eigenvalue weighted by Gasteiger charge is 2.31. The van der Waals surface area contributed by atoms with E-state index in [9.17, 15) is 8.42 Å². The molecule has 1 N–H and O–H groups in total. The lowest BCUT2D eigenvalue weighted by Gasteiger charge is -2.25. The Kier molecular flexibility index (Phi) is 7.76. The number of hydrogen-bond acceptors (Lipinski definition) is 5. The molecule has 0 spiro atoms. The van der Waals surface area contributed by atoms with Gasteiger partial charge in [0.2, 0.25) is 10.0 Å². The van der Waals surface area contributed by atoms with E-state index in [1.54, 1.807) is 47.5 Å². The van der Waals surface area contributed by atoms with E-state index in [2.05, 4.69) is 20.7 Å². The molecule has 3 aromatic rings. The number of nitrogens with zero attached hydrogens (tertiary/aromatic N) is 2. The van der Waals surface area contributed by atoms with E-state index in [-0.39, 0.29) is 23.2 Å². The summed E-state index contributed by atoms with van der Waals surface area (Å²) in [6.07, 6.45) is 0.485. The SMILES string of the molecule is COc1ccc(Br)cc1S(=O)(=O)NCC1=NN(c2ccc(Cl)cc2Cl)C(c2ccc(Cl)cc2)C1. The maximum absolute atomic E-state index is 13.0. The fourth-order valence-electron chi connectivity index (χ4n) is 3.63. The van der Waals surface area contributed by atoms with E-state index in [1.165, 1.54) is 13.2 Å². The normalized spacial score (nSPS) is 16.0. The Bertz CT molecular complexity index is 1350. The van der Waals surface area contributed by atoms with Gasteiger partial charge in [-0.15, -0.1) is 0 Å². The van der Waals surface area contributed by atoms with Crippen molar-refractivity contribution >= 4 is 72.2 Å². The van der Waals surface area contributed by atoms with Crippen molar-refractivity contribution in [3.05, 3.63) is 85.8 Å². The van der Waals surface area contributed by atoms with E-state index >= 15 is 0 Å². The second-order valence-corrected chi connectivity index (χ2v) is 11.4. The number of benzene rings is 3. The van der Waals surface area contributed by atoms with Gasteiger partial charge in [-0.3, -0.25) is 5.01 Å². The number of hydrogen-bond donors (Lipinski definition) is 1. The van der Waals surface area contributed by atoms with Crippen LogP contribution < -0.4 is 14.5 Å². The second-order valence-electron chi connectivity index (χ2n) is 7.50. The van der Waals surface area contributed by atoms with E-state index in [4.69, 9.17) is 44.6 Å². The molecule has 6 nitrogen and oxygen atoms in total. The van der Waals surface area contributed by atoms with E-state index in [0.29, 0.717) is 37.4 Å². The summed E-state index contributed by atoms with van der Waals surface area (Å²) in [6.45, 7) is 0.0177. The zero-order valence-electron chi connectivity index (χ0n) is 17.8. The van der Waals surface area contributed by atoms with Gasteiger partial charge in [-0.2, -0.15) is 5.10 Å². The zero-order chi connectivity index (χ0) is 24.5. The predicted octanol–water partition coefficient (Wildman–Crippen LogP) is 6.70. The molecule has 1 atom stereocenters. The molecule has 1 aliphatic rings. The fraction of sp³-hybridized carbons (Fsp3) is 0.174. The van der Waals surface area contributed by atoms with Crippen molar-refractivity contribution in [1.82, 2.24) is 4.72 Å². The van der Waals surface area contributed by atoms with E-state index in [1.807, 2.05) is 12.1 Å². The van der Waals surface area contributed by atoms with Gasteiger partial charge in [0.25, 0.3) is 0 Å². The molecule has 0 amide bonds. The first-order chi connectivity index (χ1) is 16.2. The Morgan fingerprint density at radius 1 is 1.06 bits per heavy atom. The third-order valence-electron chi connectivity index (χ3n) is 5.27. The lowest BCUT2D eigenvalue weighted by atomic mass is 10.0. The van der Waals surface area contributed by atoms with Crippen LogP contribution in [0.2, 0.25) is 15.1 Å². The van der Waals surface area contributed by atoms with E-state index in [0.717, 1.165) is 5.56 Å². The average Bonchev–Trinajstić information content (AvgIpc) is 3.22. The molecule has 0 aliphatic carbocycles. The molecular formula is C23H19BrCl3N3O3S. The summed E-state index contributed by atoms with van der Waals surface area (Å²) >= 11 is 21.9. The number of rotatable bonds is 7. The number of nitrogens with one attached hydrogen (secondary N) is 1. The highest BCUT2D eigenvalue weighted by molar-refractivity contribution is 9.10. The standard InChI is InChI=1S/C23H19BrCl3N3O3S/c1-33-22-9-4-15(24)10-23(22)34(31,32)28-13-18-12-21(14-2-5-16(25)6-3-14)30(29-18)20-8-7-17(26)11-19(20)27/h2-11,21,28H,12-13H2,1H3. The third kappa shape index (κ3) is 5.53. The molecule has 0 saturated carbocycles. The topological polar surface area (TPSA) is 71.0 Å². The van der Waals surface area contributed by atoms with Crippen LogP contribution in [0, 0.1) is 0 Å². The fourth-order valence-corrected chi connectivity index (χ4v) is 5.97. The molecule has 0 radical (unpaired) electrons. The van der Waals surface area contributed by atoms with Crippen LogP contribution in [0.1, 0.15) is 18.0 Å². The summed E-state index contributed by atoms with van der Waals surface area (Å²) in [7, 11) is -2.44. The minimum Gasteiger partial charge on any atom is -0.495 e. The van der Waals surface area contributed by atoms with Gasteiger partial charge in [0, 0.05) is 20.9 Å². The maximum Gasteiger partial charge on any atom is 0.244 e. The Morgan fingerprint density at radius 2 is 1.76 bits per heavy atom. The Hall–Kier alpha value is -1.81. The van der Waals surface area contributed by atoms with Crippen molar-refractivity contribution in [2.45, 2.75) is 17.4 Å². The van der Waals surface area contributed by atoms with Crippen LogP contribution in [0.3, 0.4) is 0 Å². The molecule has 11 heteroatoms. The summed E-state index contributed by atoms with van der Waals surface area (Å²) < 4.78 is 34.5. The van der Waals surface area contributed by atoms with Crippen LogP contribution in [0.4, 0.5) is 5.69 Å². The first kappa shape index (κ1) is 25.3. The molecule has 1 heterocycles.